The lowest BCUT2D eigenvalue weighted by Crippen LogP contribution is -2.12. The van der Waals surface area contributed by atoms with Crippen LogP contribution in [-0.2, 0) is 4.79 Å². The molecule has 0 aliphatic heterocycles. The van der Waals surface area contributed by atoms with Crippen molar-refractivity contribution in [2.45, 2.75) is 38.5 Å². The number of pyridine rings is 1. The van der Waals surface area contributed by atoms with E-state index in [2.05, 4.69) is 10.3 Å². The Morgan fingerprint density at radius 3 is 2.88 bits per heavy atom. The van der Waals surface area contributed by atoms with Crippen LogP contribution in [0.1, 0.15) is 38.5 Å². The van der Waals surface area contributed by atoms with Crippen LogP contribution >= 0.6 is 0 Å². The van der Waals surface area contributed by atoms with E-state index in [1.54, 1.807) is 0 Å². The third kappa shape index (κ3) is 3.73. The van der Waals surface area contributed by atoms with Gasteiger partial charge in [0.25, 0.3) is 0 Å². The van der Waals surface area contributed by atoms with Crippen molar-refractivity contribution < 1.29 is 4.79 Å². The number of imidazole rings is 1. The number of benzene rings is 1. The molecule has 0 unspecified atom stereocenters. The summed E-state index contributed by atoms with van der Waals surface area (Å²) in [5.41, 5.74) is 3.68. The highest BCUT2D eigenvalue weighted by Gasteiger charge is 2.16. The van der Waals surface area contributed by atoms with Crippen LogP contribution in [0.2, 0.25) is 0 Å². The average molecular weight is 333 g/mol. The Labute approximate surface area is 147 Å². The molecule has 1 aliphatic carbocycles. The number of carbonyl (C=O) groups is 1. The highest BCUT2D eigenvalue weighted by molar-refractivity contribution is 5.91. The fourth-order valence-electron chi connectivity index (χ4n) is 3.69. The number of hydrogen-bond donors (Lipinski definition) is 1. The van der Waals surface area contributed by atoms with E-state index in [-0.39, 0.29) is 5.91 Å². The first-order valence-corrected chi connectivity index (χ1v) is 9.12. The Bertz CT molecular complexity index is 844. The van der Waals surface area contributed by atoms with Gasteiger partial charge in [0.15, 0.2) is 0 Å². The standard InChI is InChI=1S/C21H23N3O/c25-21(12-11-16-6-1-2-7-16)22-18-9-5-8-17(14-18)19-15-24-13-4-3-10-20(24)23-19/h3-5,8-10,13-16H,1-2,6-7,11-12H2,(H,22,25). The molecular formula is C21H23N3O. The van der Waals surface area contributed by atoms with Gasteiger partial charge in [0.1, 0.15) is 5.65 Å². The van der Waals surface area contributed by atoms with Crippen LogP contribution in [0.15, 0.2) is 54.9 Å². The molecule has 0 spiro atoms. The number of nitrogens with one attached hydrogen (secondary N) is 1. The molecular weight excluding hydrogens is 310 g/mol. The third-order valence-electron chi connectivity index (χ3n) is 5.06. The van der Waals surface area contributed by atoms with Gasteiger partial charge >= 0.3 is 0 Å². The molecule has 0 saturated heterocycles. The first-order chi connectivity index (χ1) is 12.3. The Morgan fingerprint density at radius 1 is 1.16 bits per heavy atom. The van der Waals surface area contributed by atoms with E-state index in [1.807, 2.05) is 59.3 Å². The normalized spacial score (nSPS) is 14.9. The Kier molecular flexibility index (Phi) is 4.51. The minimum absolute atomic E-state index is 0.110. The highest BCUT2D eigenvalue weighted by atomic mass is 16.1. The van der Waals surface area contributed by atoms with Crippen LogP contribution in [0, 0.1) is 5.92 Å². The molecule has 0 atom stereocenters. The van der Waals surface area contributed by atoms with Crippen molar-refractivity contribution in [2.24, 2.45) is 5.92 Å². The maximum absolute atomic E-state index is 12.2. The molecule has 2 aromatic heterocycles. The van der Waals surface area contributed by atoms with Crippen molar-refractivity contribution in [1.29, 1.82) is 0 Å². The fraction of sp³-hybridized carbons (Fsp3) is 0.333. The van der Waals surface area contributed by atoms with Gasteiger partial charge in [-0.2, -0.15) is 0 Å². The van der Waals surface area contributed by atoms with Gasteiger partial charge < -0.3 is 9.72 Å². The monoisotopic (exact) mass is 333 g/mol. The molecule has 1 amide bonds. The molecule has 128 valence electrons. The lowest BCUT2D eigenvalue weighted by molar-refractivity contribution is -0.116. The first kappa shape index (κ1) is 15.9. The smallest absolute Gasteiger partial charge is 0.224 e. The van der Waals surface area contributed by atoms with Crippen LogP contribution in [0.4, 0.5) is 5.69 Å². The minimum atomic E-state index is 0.110. The number of carbonyl (C=O) groups excluding carboxylic acids is 1. The summed E-state index contributed by atoms with van der Waals surface area (Å²) in [6.45, 7) is 0. The molecule has 1 saturated carbocycles. The van der Waals surface area contributed by atoms with Gasteiger partial charge in [0, 0.05) is 30.1 Å². The van der Waals surface area contributed by atoms with Gasteiger partial charge in [-0.1, -0.05) is 43.9 Å². The van der Waals surface area contributed by atoms with Gasteiger partial charge in [-0.3, -0.25) is 4.79 Å². The summed E-state index contributed by atoms with van der Waals surface area (Å²) in [6.07, 6.45) is 10.9. The zero-order valence-corrected chi connectivity index (χ0v) is 14.3. The predicted molar refractivity (Wildman–Crippen MR) is 100 cm³/mol. The van der Waals surface area contributed by atoms with Gasteiger partial charge in [0.2, 0.25) is 5.91 Å². The number of hydrogen-bond acceptors (Lipinski definition) is 2. The summed E-state index contributed by atoms with van der Waals surface area (Å²) in [5, 5.41) is 3.04. The molecule has 4 rings (SSSR count). The van der Waals surface area contributed by atoms with E-state index in [9.17, 15) is 4.79 Å². The van der Waals surface area contributed by atoms with E-state index >= 15 is 0 Å². The Hall–Kier alpha value is -2.62. The summed E-state index contributed by atoms with van der Waals surface area (Å²) in [6, 6.07) is 13.9. The number of nitrogens with zero attached hydrogens (tertiary/aromatic N) is 2. The van der Waals surface area contributed by atoms with Gasteiger partial charge in [-0.25, -0.2) is 4.98 Å². The third-order valence-corrected chi connectivity index (χ3v) is 5.06. The number of amides is 1. The predicted octanol–water partition coefficient (Wildman–Crippen LogP) is 4.91. The summed E-state index contributed by atoms with van der Waals surface area (Å²) in [5.74, 6) is 0.856. The zero-order chi connectivity index (χ0) is 17.1. The number of fused-ring (bicyclic) bond motifs is 1. The van der Waals surface area contributed by atoms with Crippen LogP contribution in [0.3, 0.4) is 0 Å². The lowest BCUT2D eigenvalue weighted by atomic mass is 10.0. The molecule has 4 heteroatoms. The minimum Gasteiger partial charge on any atom is -0.326 e. The van der Waals surface area contributed by atoms with Crippen molar-refractivity contribution in [1.82, 2.24) is 9.38 Å². The number of aromatic nitrogens is 2. The van der Waals surface area contributed by atoms with E-state index in [0.717, 1.165) is 34.9 Å². The van der Waals surface area contributed by atoms with Crippen molar-refractivity contribution in [3.05, 3.63) is 54.9 Å². The SMILES string of the molecule is O=C(CCC1CCCC1)Nc1cccc(-c2cn3ccccc3n2)c1. The van der Waals surface area contributed by atoms with E-state index in [4.69, 9.17) is 0 Å². The molecule has 0 radical (unpaired) electrons. The maximum Gasteiger partial charge on any atom is 0.224 e. The Balaban J connectivity index is 1.44. The summed E-state index contributed by atoms with van der Waals surface area (Å²) < 4.78 is 2.00. The molecule has 1 fully saturated rings. The van der Waals surface area contributed by atoms with E-state index < -0.39 is 0 Å². The second-order valence-electron chi connectivity index (χ2n) is 6.91. The first-order valence-electron chi connectivity index (χ1n) is 9.12. The topological polar surface area (TPSA) is 46.4 Å². The van der Waals surface area contributed by atoms with Crippen LogP contribution in [0.25, 0.3) is 16.9 Å². The quantitative estimate of drug-likeness (QED) is 0.721. The fourth-order valence-corrected chi connectivity index (χ4v) is 3.69. The molecule has 3 aromatic rings. The summed E-state index contributed by atoms with van der Waals surface area (Å²) >= 11 is 0. The summed E-state index contributed by atoms with van der Waals surface area (Å²) in [4.78, 5) is 16.9. The summed E-state index contributed by atoms with van der Waals surface area (Å²) in [7, 11) is 0. The lowest BCUT2D eigenvalue weighted by Gasteiger charge is -2.09. The number of anilines is 1. The number of rotatable bonds is 5. The van der Waals surface area contributed by atoms with Crippen molar-refractivity contribution in [3.63, 3.8) is 0 Å². The largest absolute Gasteiger partial charge is 0.326 e. The molecule has 4 nitrogen and oxygen atoms in total. The van der Waals surface area contributed by atoms with Crippen LogP contribution in [0.5, 0.6) is 0 Å². The average Bonchev–Trinajstić information content (AvgIpc) is 3.29. The van der Waals surface area contributed by atoms with E-state index in [1.165, 1.54) is 25.7 Å². The molecule has 2 heterocycles. The van der Waals surface area contributed by atoms with Gasteiger partial charge in [-0.05, 0) is 36.6 Å². The maximum atomic E-state index is 12.2. The molecule has 1 aromatic carbocycles. The zero-order valence-electron chi connectivity index (χ0n) is 14.3. The van der Waals surface area contributed by atoms with Gasteiger partial charge in [-0.15, -0.1) is 0 Å². The molecule has 1 aliphatic rings. The van der Waals surface area contributed by atoms with Crippen molar-refractivity contribution >= 4 is 17.2 Å². The van der Waals surface area contributed by atoms with E-state index in [0.29, 0.717) is 6.42 Å². The van der Waals surface area contributed by atoms with Crippen LogP contribution < -0.4 is 5.32 Å². The molecule has 0 bridgehead atoms. The second kappa shape index (κ2) is 7.09. The van der Waals surface area contributed by atoms with Crippen molar-refractivity contribution in [3.8, 4) is 11.3 Å². The van der Waals surface area contributed by atoms with Gasteiger partial charge in [0.05, 0.1) is 5.69 Å². The highest BCUT2D eigenvalue weighted by Crippen LogP contribution is 2.29. The van der Waals surface area contributed by atoms with Crippen molar-refractivity contribution in [2.75, 3.05) is 5.32 Å². The molecule has 25 heavy (non-hydrogen) atoms. The van der Waals surface area contributed by atoms with Crippen LogP contribution in [-0.4, -0.2) is 15.3 Å². The Morgan fingerprint density at radius 2 is 2.04 bits per heavy atom. The second-order valence-corrected chi connectivity index (χ2v) is 6.91. The molecule has 1 N–H and O–H groups in total.